The number of nitrogens with zero attached hydrogens (tertiary/aromatic N) is 2. The highest BCUT2D eigenvalue weighted by Gasteiger charge is 2.22. The smallest absolute Gasteiger partial charge is 0.282 e. The largest absolute Gasteiger partial charge is 0.484 e. The second kappa shape index (κ2) is 7.70. The monoisotopic (exact) mass is 377 g/mol. The Labute approximate surface area is 152 Å². The lowest BCUT2D eigenvalue weighted by atomic mass is 10.1. The molecule has 1 amide bonds. The Balaban J connectivity index is 1.60. The highest BCUT2D eigenvalue weighted by Crippen LogP contribution is 2.37. The van der Waals surface area contributed by atoms with E-state index in [0.717, 1.165) is 6.21 Å². The van der Waals surface area contributed by atoms with Gasteiger partial charge in [0.1, 0.15) is 5.75 Å². The number of carbonyl (C=O) groups excluding carboxylic acids is 1. The predicted octanol–water partition coefficient (Wildman–Crippen LogP) is 2.51. The van der Waals surface area contributed by atoms with Crippen LogP contribution in [-0.2, 0) is 4.79 Å². The number of nitro benzene ring substituents is 1. The minimum absolute atomic E-state index is 0.00808. The Hall–Kier alpha value is -3.33. The fourth-order valence-corrected chi connectivity index (χ4v) is 2.22. The Bertz CT molecular complexity index is 869. The van der Waals surface area contributed by atoms with Crippen LogP contribution in [0.15, 0.2) is 41.5 Å². The number of hydrazone groups is 1. The molecule has 0 aromatic heterocycles. The summed E-state index contributed by atoms with van der Waals surface area (Å²) in [5.41, 5.74) is 2.18. The molecule has 0 unspecified atom stereocenters. The van der Waals surface area contributed by atoms with Crippen LogP contribution in [0.5, 0.6) is 17.2 Å². The quantitative estimate of drug-likeness (QED) is 0.470. The number of hydrogen-bond donors (Lipinski definition) is 1. The summed E-state index contributed by atoms with van der Waals surface area (Å²) in [6.45, 7) is -0.284. The van der Waals surface area contributed by atoms with Crippen LogP contribution in [0.25, 0.3) is 0 Å². The van der Waals surface area contributed by atoms with Crippen molar-refractivity contribution in [2.75, 3.05) is 13.4 Å². The lowest BCUT2D eigenvalue weighted by Gasteiger charge is -2.05. The van der Waals surface area contributed by atoms with E-state index in [4.69, 9.17) is 25.8 Å². The molecule has 1 heterocycles. The number of amides is 1. The third-order valence-electron chi connectivity index (χ3n) is 3.30. The molecule has 0 aliphatic carbocycles. The van der Waals surface area contributed by atoms with Crippen molar-refractivity contribution in [3.63, 3.8) is 0 Å². The first-order valence-corrected chi connectivity index (χ1v) is 7.69. The summed E-state index contributed by atoms with van der Waals surface area (Å²) in [4.78, 5) is 22.3. The molecule has 1 N–H and O–H groups in total. The summed E-state index contributed by atoms with van der Waals surface area (Å²) >= 11 is 5.75. The average molecular weight is 378 g/mol. The number of hydrogen-bond acceptors (Lipinski definition) is 7. The zero-order chi connectivity index (χ0) is 18.5. The Morgan fingerprint density at radius 1 is 1.31 bits per heavy atom. The Morgan fingerprint density at radius 3 is 2.69 bits per heavy atom. The molecule has 0 atom stereocenters. The van der Waals surface area contributed by atoms with Gasteiger partial charge in [-0.05, 0) is 30.3 Å². The van der Waals surface area contributed by atoms with Gasteiger partial charge in [0.2, 0.25) is 6.79 Å². The van der Waals surface area contributed by atoms with E-state index in [9.17, 15) is 14.9 Å². The minimum atomic E-state index is -0.575. The van der Waals surface area contributed by atoms with Crippen LogP contribution < -0.4 is 19.6 Å². The van der Waals surface area contributed by atoms with Crippen LogP contribution in [0, 0.1) is 10.1 Å². The molecule has 2 aromatic carbocycles. The third-order valence-corrected chi connectivity index (χ3v) is 3.55. The van der Waals surface area contributed by atoms with Crippen molar-refractivity contribution in [3.05, 3.63) is 57.1 Å². The van der Waals surface area contributed by atoms with Crippen LogP contribution >= 0.6 is 11.6 Å². The van der Waals surface area contributed by atoms with Crippen molar-refractivity contribution in [2.24, 2.45) is 5.10 Å². The molecule has 1 aliphatic heterocycles. The third kappa shape index (κ3) is 4.19. The van der Waals surface area contributed by atoms with E-state index in [1.54, 1.807) is 24.3 Å². The highest BCUT2D eigenvalue weighted by atomic mass is 35.5. The van der Waals surface area contributed by atoms with E-state index >= 15 is 0 Å². The summed E-state index contributed by atoms with van der Waals surface area (Å²) in [6, 6.07) is 9.16. The van der Waals surface area contributed by atoms with Gasteiger partial charge in [0.05, 0.1) is 22.8 Å². The summed E-state index contributed by atoms with van der Waals surface area (Å²) < 4.78 is 15.5. The van der Waals surface area contributed by atoms with Crippen molar-refractivity contribution in [3.8, 4) is 17.2 Å². The molecule has 134 valence electrons. The predicted molar refractivity (Wildman–Crippen MR) is 91.9 cm³/mol. The molecular formula is C16H12ClN3O6. The molecule has 0 saturated heterocycles. The molecular weight excluding hydrogens is 366 g/mol. The zero-order valence-electron chi connectivity index (χ0n) is 13.2. The van der Waals surface area contributed by atoms with Crippen molar-refractivity contribution in [2.45, 2.75) is 0 Å². The molecule has 0 spiro atoms. The topological polar surface area (TPSA) is 112 Å². The van der Waals surface area contributed by atoms with E-state index in [0.29, 0.717) is 16.5 Å². The molecule has 2 aromatic rings. The van der Waals surface area contributed by atoms with Crippen molar-refractivity contribution in [1.29, 1.82) is 0 Å². The standard InChI is InChI=1S/C16H12ClN3O6/c17-11-1-3-12(4-2-11)24-8-16(21)19-18-7-10-5-14-15(26-9-25-14)6-13(10)20(22)23/h1-7H,8-9H2,(H,19,21). The fraction of sp³-hybridized carbons (Fsp3) is 0.125. The second-order valence-electron chi connectivity index (χ2n) is 5.06. The molecule has 10 heteroatoms. The van der Waals surface area contributed by atoms with Crippen LogP contribution in [0.3, 0.4) is 0 Å². The van der Waals surface area contributed by atoms with Gasteiger partial charge in [-0.1, -0.05) is 11.6 Å². The van der Waals surface area contributed by atoms with Gasteiger partial charge in [-0.2, -0.15) is 5.10 Å². The van der Waals surface area contributed by atoms with Crippen LogP contribution in [0.1, 0.15) is 5.56 Å². The van der Waals surface area contributed by atoms with E-state index in [1.165, 1.54) is 12.1 Å². The zero-order valence-corrected chi connectivity index (χ0v) is 13.9. The van der Waals surface area contributed by atoms with E-state index in [2.05, 4.69) is 10.5 Å². The molecule has 1 aliphatic rings. The van der Waals surface area contributed by atoms with Gasteiger partial charge in [-0.3, -0.25) is 14.9 Å². The first-order valence-electron chi connectivity index (χ1n) is 7.31. The van der Waals surface area contributed by atoms with Crippen LogP contribution in [0.2, 0.25) is 5.02 Å². The van der Waals surface area contributed by atoms with Crippen molar-refractivity contribution >= 4 is 29.4 Å². The van der Waals surface area contributed by atoms with Crippen LogP contribution in [-0.4, -0.2) is 30.4 Å². The number of benzene rings is 2. The number of rotatable bonds is 6. The SMILES string of the molecule is O=C(COc1ccc(Cl)cc1)NN=Cc1cc2c(cc1[N+](=O)[O-])OCO2. The molecule has 0 fully saturated rings. The van der Waals surface area contributed by atoms with Crippen molar-refractivity contribution in [1.82, 2.24) is 5.43 Å². The number of carbonyl (C=O) groups is 1. The molecule has 9 nitrogen and oxygen atoms in total. The second-order valence-corrected chi connectivity index (χ2v) is 5.49. The Morgan fingerprint density at radius 2 is 2.00 bits per heavy atom. The van der Waals surface area contributed by atoms with Gasteiger partial charge in [0.15, 0.2) is 18.1 Å². The summed E-state index contributed by atoms with van der Waals surface area (Å²) in [7, 11) is 0. The summed E-state index contributed by atoms with van der Waals surface area (Å²) in [6.07, 6.45) is 1.15. The highest BCUT2D eigenvalue weighted by molar-refractivity contribution is 6.30. The van der Waals surface area contributed by atoms with E-state index in [1.807, 2.05) is 0 Å². The molecule has 0 radical (unpaired) electrons. The summed E-state index contributed by atoms with van der Waals surface area (Å²) in [5, 5.41) is 15.4. The maximum atomic E-state index is 11.7. The summed E-state index contributed by atoms with van der Waals surface area (Å²) in [5.74, 6) is 0.600. The van der Waals surface area contributed by atoms with Gasteiger partial charge >= 0.3 is 0 Å². The lowest BCUT2D eigenvalue weighted by Crippen LogP contribution is -2.24. The molecule has 26 heavy (non-hydrogen) atoms. The Kier molecular flexibility index (Phi) is 5.18. The maximum absolute atomic E-state index is 11.7. The van der Waals surface area contributed by atoms with E-state index in [-0.39, 0.29) is 30.4 Å². The lowest BCUT2D eigenvalue weighted by molar-refractivity contribution is -0.385. The number of nitro groups is 1. The number of halogens is 1. The molecule has 0 bridgehead atoms. The molecule has 0 saturated carbocycles. The van der Waals surface area contributed by atoms with Crippen LogP contribution in [0.4, 0.5) is 5.69 Å². The number of ether oxygens (including phenoxy) is 3. The average Bonchev–Trinajstić information content (AvgIpc) is 3.08. The van der Waals surface area contributed by atoms with Gasteiger partial charge in [-0.15, -0.1) is 0 Å². The first kappa shape index (κ1) is 17.5. The van der Waals surface area contributed by atoms with Gasteiger partial charge < -0.3 is 14.2 Å². The number of fused-ring (bicyclic) bond motifs is 1. The van der Waals surface area contributed by atoms with Gasteiger partial charge in [0.25, 0.3) is 11.6 Å². The minimum Gasteiger partial charge on any atom is -0.484 e. The normalized spacial score (nSPS) is 12.2. The van der Waals surface area contributed by atoms with Crippen molar-refractivity contribution < 1.29 is 23.9 Å². The first-order chi connectivity index (χ1) is 12.5. The number of nitrogens with one attached hydrogen (secondary N) is 1. The van der Waals surface area contributed by atoms with E-state index < -0.39 is 10.8 Å². The van der Waals surface area contributed by atoms with Gasteiger partial charge in [0, 0.05) is 5.02 Å². The fourth-order valence-electron chi connectivity index (χ4n) is 2.09. The maximum Gasteiger partial charge on any atom is 0.282 e. The molecule has 3 rings (SSSR count). The van der Waals surface area contributed by atoms with Gasteiger partial charge in [-0.25, -0.2) is 5.43 Å².